The maximum absolute atomic E-state index is 11.4. The van der Waals surface area contributed by atoms with Crippen LogP contribution in [0, 0.1) is 0 Å². The summed E-state index contributed by atoms with van der Waals surface area (Å²) in [6.45, 7) is 2.52. The maximum Gasteiger partial charge on any atom is 0.304 e. The van der Waals surface area contributed by atoms with E-state index in [1.807, 2.05) is 0 Å². The number of hydrogen-bond donors (Lipinski definition) is 2. The van der Waals surface area contributed by atoms with Crippen LogP contribution < -0.4 is 5.32 Å². The zero-order valence-electron chi connectivity index (χ0n) is 8.49. The number of nitrogens with one attached hydrogen (secondary N) is 1. The topological polar surface area (TPSA) is 69.6 Å². The third-order valence-corrected chi connectivity index (χ3v) is 2.39. The highest BCUT2D eigenvalue weighted by molar-refractivity contribution is 5.83. The van der Waals surface area contributed by atoms with Crippen LogP contribution >= 0.6 is 0 Å². The number of carboxylic acids is 1. The number of rotatable bonds is 4. The summed E-state index contributed by atoms with van der Waals surface area (Å²) in [5, 5.41) is 11.6. The van der Waals surface area contributed by atoms with Crippen molar-refractivity contribution in [2.24, 2.45) is 0 Å². The lowest BCUT2D eigenvalue weighted by atomic mass is 10.2. The molecule has 0 aromatic rings. The SMILES string of the molecule is CC(CC(=O)O)NC1CCN(C)C1=O. The van der Waals surface area contributed by atoms with E-state index in [-0.39, 0.29) is 24.4 Å². The molecule has 2 atom stereocenters. The summed E-state index contributed by atoms with van der Waals surface area (Å²) >= 11 is 0. The van der Waals surface area contributed by atoms with Gasteiger partial charge in [-0.2, -0.15) is 0 Å². The van der Waals surface area contributed by atoms with Gasteiger partial charge in [0.25, 0.3) is 0 Å². The highest BCUT2D eigenvalue weighted by Crippen LogP contribution is 2.09. The van der Waals surface area contributed by atoms with Crippen molar-refractivity contribution in [3.05, 3.63) is 0 Å². The van der Waals surface area contributed by atoms with Crippen molar-refractivity contribution < 1.29 is 14.7 Å². The van der Waals surface area contributed by atoms with E-state index in [0.29, 0.717) is 0 Å². The molecule has 1 rings (SSSR count). The Balaban J connectivity index is 2.37. The number of amides is 1. The molecule has 5 heteroatoms. The minimum atomic E-state index is -0.844. The van der Waals surface area contributed by atoms with Gasteiger partial charge in [0.2, 0.25) is 5.91 Å². The Morgan fingerprint density at radius 1 is 1.79 bits per heavy atom. The molecule has 14 heavy (non-hydrogen) atoms. The van der Waals surface area contributed by atoms with Crippen LogP contribution in [0.2, 0.25) is 0 Å². The highest BCUT2D eigenvalue weighted by Gasteiger charge is 2.29. The van der Waals surface area contributed by atoms with Gasteiger partial charge in [0.15, 0.2) is 0 Å². The van der Waals surface area contributed by atoms with Crippen LogP contribution in [0.1, 0.15) is 19.8 Å². The number of likely N-dealkylation sites (N-methyl/N-ethyl adjacent to an activating group) is 1. The lowest BCUT2D eigenvalue weighted by Gasteiger charge is -2.16. The number of carbonyl (C=O) groups excluding carboxylic acids is 1. The fourth-order valence-electron chi connectivity index (χ4n) is 1.64. The Hall–Kier alpha value is -1.10. The van der Waals surface area contributed by atoms with Crippen LogP contribution in [-0.4, -0.2) is 47.6 Å². The summed E-state index contributed by atoms with van der Waals surface area (Å²) < 4.78 is 0. The zero-order valence-corrected chi connectivity index (χ0v) is 8.49. The summed E-state index contributed by atoms with van der Waals surface area (Å²) in [7, 11) is 1.76. The molecule has 1 amide bonds. The monoisotopic (exact) mass is 200 g/mol. The normalized spacial score (nSPS) is 24.0. The fraction of sp³-hybridized carbons (Fsp3) is 0.778. The second-order valence-electron chi connectivity index (χ2n) is 3.77. The predicted octanol–water partition coefficient (Wildman–Crippen LogP) is -0.330. The summed E-state index contributed by atoms with van der Waals surface area (Å²) in [6, 6.07) is -0.359. The molecule has 1 saturated heterocycles. The Bertz CT molecular complexity index is 242. The Morgan fingerprint density at radius 2 is 2.43 bits per heavy atom. The van der Waals surface area contributed by atoms with Gasteiger partial charge in [-0.15, -0.1) is 0 Å². The van der Waals surface area contributed by atoms with Crippen molar-refractivity contribution in [3.63, 3.8) is 0 Å². The quantitative estimate of drug-likeness (QED) is 0.652. The molecule has 0 aliphatic carbocycles. The van der Waals surface area contributed by atoms with E-state index in [1.54, 1.807) is 18.9 Å². The van der Waals surface area contributed by atoms with Crippen molar-refractivity contribution in [1.82, 2.24) is 10.2 Å². The van der Waals surface area contributed by atoms with Gasteiger partial charge in [0.05, 0.1) is 12.5 Å². The molecule has 1 fully saturated rings. The van der Waals surface area contributed by atoms with E-state index < -0.39 is 5.97 Å². The number of likely N-dealkylation sites (tertiary alicyclic amines) is 1. The molecule has 0 saturated carbocycles. The molecule has 0 bridgehead atoms. The molecule has 0 spiro atoms. The lowest BCUT2D eigenvalue weighted by molar-refractivity contribution is -0.138. The molecular weight excluding hydrogens is 184 g/mol. The third kappa shape index (κ3) is 2.70. The van der Waals surface area contributed by atoms with Gasteiger partial charge >= 0.3 is 5.97 Å². The van der Waals surface area contributed by atoms with Gasteiger partial charge in [-0.05, 0) is 13.3 Å². The summed E-state index contributed by atoms with van der Waals surface area (Å²) in [5.41, 5.74) is 0. The largest absolute Gasteiger partial charge is 0.481 e. The minimum absolute atomic E-state index is 0.0491. The molecule has 1 heterocycles. The van der Waals surface area contributed by atoms with Gasteiger partial charge in [0.1, 0.15) is 0 Å². The Kier molecular flexibility index (Phi) is 3.46. The van der Waals surface area contributed by atoms with E-state index >= 15 is 0 Å². The molecule has 5 nitrogen and oxygen atoms in total. The van der Waals surface area contributed by atoms with E-state index in [9.17, 15) is 9.59 Å². The first-order valence-electron chi connectivity index (χ1n) is 4.73. The van der Waals surface area contributed by atoms with Crippen LogP contribution in [0.5, 0.6) is 0 Å². The fourth-order valence-corrected chi connectivity index (χ4v) is 1.64. The molecule has 0 radical (unpaired) electrons. The van der Waals surface area contributed by atoms with E-state index in [1.165, 1.54) is 0 Å². The van der Waals surface area contributed by atoms with Crippen LogP contribution in [0.15, 0.2) is 0 Å². The number of hydrogen-bond acceptors (Lipinski definition) is 3. The van der Waals surface area contributed by atoms with Gasteiger partial charge in [-0.3, -0.25) is 9.59 Å². The van der Waals surface area contributed by atoms with Crippen LogP contribution in [0.4, 0.5) is 0 Å². The Labute approximate surface area is 83.1 Å². The first-order valence-corrected chi connectivity index (χ1v) is 4.73. The van der Waals surface area contributed by atoms with E-state index in [0.717, 1.165) is 13.0 Å². The zero-order chi connectivity index (χ0) is 10.7. The van der Waals surface area contributed by atoms with Crippen molar-refractivity contribution in [1.29, 1.82) is 0 Å². The van der Waals surface area contributed by atoms with Gasteiger partial charge in [-0.25, -0.2) is 0 Å². The highest BCUT2D eigenvalue weighted by atomic mass is 16.4. The maximum atomic E-state index is 11.4. The first-order chi connectivity index (χ1) is 6.50. The standard InChI is InChI=1S/C9H16N2O3/c1-6(5-8(12)13)10-7-3-4-11(2)9(7)14/h6-7,10H,3-5H2,1-2H3,(H,12,13). The van der Waals surface area contributed by atoms with Crippen molar-refractivity contribution in [3.8, 4) is 0 Å². The van der Waals surface area contributed by atoms with Crippen molar-refractivity contribution >= 4 is 11.9 Å². The number of carboxylic acid groups (broad SMARTS) is 1. The average molecular weight is 200 g/mol. The van der Waals surface area contributed by atoms with E-state index in [4.69, 9.17) is 5.11 Å². The molecule has 80 valence electrons. The predicted molar refractivity (Wildman–Crippen MR) is 50.9 cm³/mol. The number of carbonyl (C=O) groups is 2. The molecule has 1 aliphatic heterocycles. The van der Waals surface area contributed by atoms with Gasteiger partial charge < -0.3 is 15.3 Å². The molecule has 2 unspecified atom stereocenters. The molecule has 2 N–H and O–H groups in total. The average Bonchev–Trinajstić information content (AvgIpc) is 2.34. The number of nitrogens with zero attached hydrogens (tertiary/aromatic N) is 1. The second kappa shape index (κ2) is 4.41. The molecule has 0 aromatic heterocycles. The van der Waals surface area contributed by atoms with Crippen molar-refractivity contribution in [2.45, 2.75) is 31.8 Å². The summed E-state index contributed by atoms with van der Waals surface area (Å²) in [5.74, 6) is -0.786. The van der Waals surface area contributed by atoms with Crippen LogP contribution in [-0.2, 0) is 9.59 Å². The van der Waals surface area contributed by atoms with Crippen LogP contribution in [0.25, 0.3) is 0 Å². The second-order valence-corrected chi connectivity index (χ2v) is 3.77. The van der Waals surface area contributed by atoms with Crippen LogP contribution in [0.3, 0.4) is 0 Å². The summed E-state index contributed by atoms with van der Waals surface area (Å²) in [4.78, 5) is 23.5. The first kappa shape index (κ1) is 11.0. The van der Waals surface area contributed by atoms with Gasteiger partial charge in [-0.1, -0.05) is 0 Å². The van der Waals surface area contributed by atoms with Crippen molar-refractivity contribution in [2.75, 3.05) is 13.6 Å². The Morgan fingerprint density at radius 3 is 2.86 bits per heavy atom. The molecular formula is C9H16N2O3. The molecule has 0 aromatic carbocycles. The summed E-state index contributed by atoms with van der Waals surface area (Å²) in [6.07, 6.45) is 0.812. The minimum Gasteiger partial charge on any atom is -0.481 e. The molecule has 1 aliphatic rings. The number of aliphatic carboxylic acids is 1. The smallest absolute Gasteiger partial charge is 0.304 e. The van der Waals surface area contributed by atoms with E-state index in [2.05, 4.69) is 5.32 Å². The lowest BCUT2D eigenvalue weighted by Crippen LogP contribution is -2.42. The third-order valence-electron chi connectivity index (χ3n) is 2.39. The van der Waals surface area contributed by atoms with Gasteiger partial charge in [0, 0.05) is 19.6 Å².